The molecule has 29 heavy (non-hydrogen) atoms. The summed E-state index contributed by atoms with van der Waals surface area (Å²) in [7, 11) is -3.73. The van der Waals surface area contributed by atoms with Crippen molar-refractivity contribution in [2.24, 2.45) is 0 Å². The molecule has 5 heteroatoms. The Labute approximate surface area is 186 Å². The van der Waals surface area contributed by atoms with Gasteiger partial charge in [-0.1, -0.05) is 72.3 Å². The largest absolute Gasteiger partial charge is 0.264 e. The van der Waals surface area contributed by atoms with Gasteiger partial charge in [0.1, 0.15) is 0 Å². The van der Waals surface area contributed by atoms with Crippen molar-refractivity contribution in [3.63, 3.8) is 0 Å². The van der Waals surface area contributed by atoms with Crippen molar-refractivity contribution in [1.29, 1.82) is 0 Å². The summed E-state index contributed by atoms with van der Waals surface area (Å²) in [5.41, 5.74) is 4.86. The molecular weight excluding hydrogens is 493 g/mol. The SMILES string of the molecule is Cc1ccc(S(=O)(=O)N2C(c3ccccc3C)=C(I)CC2c2ccccc2)cc1. The van der Waals surface area contributed by atoms with Crippen molar-refractivity contribution in [2.75, 3.05) is 0 Å². The summed E-state index contributed by atoms with van der Waals surface area (Å²) in [5, 5.41) is 0. The van der Waals surface area contributed by atoms with Crippen LogP contribution in [-0.2, 0) is 10.0 Å². The molecule has 1 aliphatic rings. The normalized spacial score (nSPS) is 17.1. The van der Waals surface area contributed by atoms with Crippen LogP contribution in [0.4, 0.5) is 0 Å². The quantitative estimate of drug-likeness (QED) is 0.386. The first-order chi connectivity index (χ1) is 13.9. The average Bonchev–Trinajstić information content (AvgIpc) is 3.07. The molecule has 148 valence electrons. The lowest BCUT2D eigenvalue weighted by atomic mass is 10.1. The lowest BCUT2D eigenvalue weighted by molar-refractivity contribution is 0.445. The number of hydrogen-bond donors (Lipinski definition) is 0. The fourth-order valence-electron chi connectivity index (χ4n) is 3.77. The molecule has 0 fully saturated rings. The van der Waals surface area contributed by atoms with Gasteiger partial charge < -0.3 is 0 Å². The summed E-state index contributed by atoms with van der Waals surface area (Å²) in [6, 6.07) is 24.7. The molecule has 1 atom stereocenters. The zero-order valence-corrected chi connectivity index (χ0v) is 19.3. The minimum Gasteiger partial charge on any atom is -0.257 e. The number of sulfonamides is 1. The number of nitrogens with zero attached hydrogens (tertiary/aromatic N) is 1. The predicted molar refractivity (Wildman–Crippen MR) is 126 cm³/mol. The zero-order valence-electron chi connectivity index (χ0n) is 16.3. The average molecular weight is 515 g/mol. The summed E-state index contributed by atoms with van der Waals surface area (Å²) in [5.74, 6) is 0. The highest BCUT2D eigenvalue weighted by atomic mass is 127. The van der Waals surface area contributed by atoms with E-state index in [1.807, 2.05) is 80.6 Å². The third-order valence-corrected chi connectivity index (χ3v) is 8.07. The number of aryl methyl sites for hydroxylation is 2. The van der Waals surface area contributed by atoms with Gasteiger partial charge in [-0.2, -0.15) is 0 Å². The smallest absolute Gasteiger partial charge is 0.257 e. The fraction of sp³-hybridized carbons (Fsp3) is 0.167. The maximum absolute atomic E-state index is 13.9. The Kier molecular flexibility index (Phi) is 5.53. The molecule has 0 spiro atoms. The van der Waals surface area contributed by atoms with Gasteiger partial charge in [-0.25, -0.2) is 8.42 Å². The highest BCUT2D eigenvalue weighted by Gasteiger charge is 2.41. The number of rotatable bonds is 4. The van der Waals surface area contributed by atoms with E-state index in [1.165, 1.54) is 0 Å². The van der Waals surface area contributed by atoms with Crippen molar-refractivity contribution in [3.8, 4) is 0 Å². The molecule has 0 amide bonds. The second-order valence-electron chi connectivity index (χ2n) is 7.31. The molecule has 3 nitrogen and oxygen atoms in total. The molecule has 1 aliphatic heterocycles. The van der Waals surface area contributed by atoms with E-state index in [2.05, 4.69) is 22.6 Å². The molecule has 1 heterocycles. The molecule has 0 saturated heterocycles. The molecule has 0 radical (unpaired) electrons. The standard InChI is InChI=1S/C24H22INO2S/c1-17-12-14-20(15-13-17)29(27,28)26-23(19-9-4-3-5-10-19)16-22(25)24(26)21-11-7-6-8-18(21)2/h3-15,23H,16H2,1-2H3. The first-order valence-corrected chi connectivity index (χ1v) is 12.0. The van der Waals surface area contributed by atoms with Crippen LogP contribution >= 0.6 is 22.6 Å². The predicted octanol–water partition coefficient (Wildman–Crippen LogP) is 6.24. The van der Waals surface area contributed by atoms with Gasteiger partial charge in [-0.15, -0.1) is 0 Å². The highest BCUT2D eigenvalue weighted by molar-refractivity contribution is 14.1. The van der Waals surface area contributed by atoms with Gasteiger partial charge in [-0.05, 0) is 59.7 Å². The minimum absolute atomic E-state index is 0.260. The Balaban J connectivity index is 1.92. The van der Waals surface area contributed by atoms with Crippen LogP contribution in [0.5, 0.6) is 0 Å². The second kappa shape index (κ2) is 7.95. The van der Waals surface area contributed by atoms with Crippen molar-refractivity contribution in [1.82, 2.24) is 4.31 Å². The van der Waals surface area contributed by atoms with Gasteiger partial charge in [0.25, 0.3) is 10.0 Å². The van der Waals surface area contributed by atoms with Crippen LogP contribution in [0, 0.1) is 13.8 Å². The van der Waals surface area contributed by atoms with E-state index in [9.17, 15) is 8.42 Å². The van der Waals surface area contributed by atoms with E-state index in [1.54, 1.807) is 16.4 Å². The summed E-state index contributed by atoms with van der Waals surface area (Å²) in [4.78, 5) is 0.321. The first-order valence-electron chi connectivity index (χ1n) is 9.50. The van der Waals surface area contributed by atoms with Crippen LogP contribution < -0.4 is 0 Å². The highest BCUT2D eigenvalue weighted by Crippen LogP contribution is 2.49. The summed E-state index contributed by atoms with van der Waals surface area (Å²) >= 11 is 2.31. The summed E-state index contributed by atoms with van der Waals surface area (Å²) in [6.07, 6.45) is 0.666. The van der Waals surface area contributed by atoms with Crippen molar-refractivity contribution in [3.05, 3.63) is 105 Å². The van der Waals surface area contributed by atoms with E-state index in [0.29, 0.717) is 11.3 Å². The minimum atomic E-state index is -3.73. The molecule has 0 aliphatic carbocycles. The third-order valence-electron chi connectivity index (χ3n) is 5.30. The van der Waals surface area contributed by atoms with E-state index >= 15 is 0 Å². The van der Waals surface area contributed by atoms with E-state index < -0.39 is 10.0 Å². The lowest BCUT2D eigenvalue weighted by Gasteiger charge is -2.30. The van der Waals surface area contributed by atoms with Crippen LogP contribution in [0.1, 0.15) is 34.7 Å². The Morgan fingerprint density at radius 2 is 1.48 bits per heavy atom. The van der Waals surface area contributed by atoms with Gasteiger partial charge in [0, 0.05) is 15.6 Å². The van der Waals surface area contributed by atoms with Crippen LogP contribution in [0.15, 0.2) is 87.3 Å². The molecular formula is C24H22INO2S. The van der Waals surface area contributed by atoms with Crippen molar-refractivity contribution >= 4 is 38.3 Å². The van der Waals surface area contributed by atoms with E-state index in [-0.39, 0.29) is 6.04 Å². The monoisotopic (exact) mass is 515 g/mol. The topological polar surface area (TPSA) is 37.4 Å². The first kappa shape index (κ1) is 20.2. The lowest BCUT2D eigenvalue weighted by Crippen LogP contribution is -2.30. The van der Waals surface area contributed by atoms with Gasteiger partial charge in [0.2, 0.25) is 0 Å². The van der Waals surface area contributed by atoms with Crippen molar-refractivity contribution in [2.45, 2.75) is 31.2 Å². The number of halogens is 1. The fourth-order valence-corrected chi connectivity index (χ4v) is 6.59. The molecule has 3 aromatic carbocycles. The van der Waals surface area contributed by atoms with Crippen LogP contribution in [0.25, 0.3) is 5.70 Å². The Morgan fingerprint density at radius 3 is 2.14 bits per heavy atom. The second-order valence-corrected chi connectivity index (χ2v) is 10.4. The van der Waals surface area contributed by atoms with Gasteiger partial charge in [0.05, 0.1) is 16.6 Å². The third kappa shape index (κ3) is 3.73. The zero-order chi connectivity index (χ0) is 20.6. The van der Waals surface area contributed by atoms with E-state index in [4.69, 9.17) is 0 Å². The summed E-state index contributed by atoms with van der Waals surface area (Å²) in [6.45, 7) is 3.99. The van der Waals surface area contributed by atoms with Gasteiger partial charge >= 0.3 is 0 Å². The molecule has 0 aromatic heterocycles. The molecule has 0 saturated carbocycles. The molecule has 4 rings (SSSR count). The molecule has 1 unspecified atom stereocenters. The number of benzene rings is 3. The molecule has 0 N–H and O–H groups in total. The van der Waals surface area contributed by atoms with Crippen LogP contribution in [0.3, 0.4) is 0 Å². The van der Waals surface area contributed by atoms with Crippen LogP contribution in [-0.4, -0.2) is 12.7 Å². The summed E-state index contributed by atoms with van der Waals surface area (Å²) < 4.78 is 30.4. The van der Waals surface area contributed by atoms with Gasteiger partial charge in [-0.3, -0.25) is 4.31 Å². The van der Waals surface area contributed by atoms with Crippen LogP contribution in [0.2, 0.25) is 0 Å². The maximum Gasteiger partial charge on any atom is 0.264 e. The Bertz CT molecular complexity index is 1170. The number of hydrogen-bond acceptors (Lipinski definition) is 2. The van der Waals surface area contributed by atoms with E-state index in [0.717, 1.165) is 31.5 Å². The molecule has 3 aromatic rings. The Morgan fingerprint density at radius 1 is 0.862 bits per heavy atom. The van der Waals surface area contributed by atoms with Gasteiger partial charge in [0.15, 0.2) is 0 Å². The maximum atomic E-state index is 13.9. The molecule has 0 bridgehead atoms. The Hall–Kier alpha value is -2.12. The van der Waals surface area contributed by atoms with Crippen molar-refractivity contribution < 1.29 is 8.42 Å².